The van der Waals surface area contributed by atoms with E-state index in [9.17, 15) is 9.90 Å². The number of anilines is 1. The molecule has 1 fully saturated rings. The second-order valence-corrected chi connectivity index (χ2v) is 5.70. The highest BCUT2D eigenvalue weighted by Crippen LogP contribution is 2.17. The van der Waals surface area contributed by atoms with Gasteiger partial charge in [0.2, 0.25) is 5.91 Å². The molecule has 1 aromatic carbocycles. The molecular weight excluding hydrogens is 343 g/mol. The van der Waals surface area contributed by atoms with Crippen LogP contribution in [0.3, 0.4) is 0 Å². The molecule has 4 nitrogen and oxygen atoms in total. The number of para-hydroxylation sites is 1. The van der Waals surface area contributed by atoms with E-state index in [0.717, 1.165) is 35.2 Å². The van der Waals surface area contributed by atoms with Gasteiger partial charge in [-0.3, -0.25) is 9.69 Å². The van der Waals surface area contributed by atoms with Gasteiger partial charge in [-0.15, -0.1) is 0 Å². The average Bonchev–Trinajstić information content (AvgIpc) is 2.35. The summed E-state index contributed by atoms with van der Waals surface area (Å²) in [6.45, 7) is 1.98. The summed E-state index contributed by atoms with van der Waals surface area (Å²) >= 11 is 2.21. The minimum Gasteiger partial charge on any atom is -0.393 e. The molecule has 0 aliphatic carbocycles. The SMILES string of the molecule is O=C(CN1CCC(O)CC1)Nc1ccccc1I. The standard InChI is InChI=1S/C13H17IN2O2/c14-11-3-1-2-4-12(11)15-13(18)9-16-7-5-10(17)6-8-16/h1-4,10,17H,5-9H2,(H,15,18). The van der Waals surface area contributed by atoms with Crippen LogP contribution in [-0.2, 0) is 4.79 Å². The minimum absolute atomic E-state index is 0.00973. The highest BCUT2D eigenvalue weighted by Gasteiger charge is 2.19. The molecule has 0 bridgehead atoms. The fourth-order valence-corrected chi connectivity index (χ4v) is 2.56. The molecule has 2 N–H and O–H groups in total. The van der Waals surface area contributed by atoms with E-state index in [4.69, 9.17) is 0 Å². The number of halogens is 1. The Morgan fingerprint density at radius 1 is 1.39 bits per heavy atom. The van der Waals surface area contributed by atoms with Crippen molar-refractivity contribution in [2.75, 3.05) is 25.0 Å². The number of piperidine rings is 1. The van der Waals surface area contributed by atoms with Crippen LogP contribution in [0.15, 0.2) is 24.3 Å². The number of hydrogen-bond acceptors (Lipinski definition) is 3. The highest BCUT2D eigenvalue weighted by atomic mass is 127. The molecule has 1 amide bonds. The van der Waals surface area contributed by atoms with Gasteiger partial charge in [0, 0.05) is 16.7 Å². The van der Waals surface area contributed by atoms with E-state index < -0.39 is 0 Å². The lowest BCUT2D eigenvalue weighted by molar-refractivity contribution is -0.117. The minimum atomic E-state index is -0.195. The zero-order chi connectivity index (χ0) is 13.0. The summed E-state index contributed by atoms with van der Waals surface area (Å²) < 4.78 is 1.04. The number of benzene rings is 1. The summed E-state index contributed by atoms with van der Waals surface area (Å²) in [5.74, 6) is 0.00973. The molecule has 0 radical (unpaired) electrons. The Balaban J connectivity index is 1.84. The van der Waals surface area contributed by atoms with E-state index in [1.165, 1.54) is 0 Å². The van der Waals surface area contributed by atoms with Gasteiger partial charge in [-0.25, -0.2) is 0 Å². The molecule has 1 saturated heterocycles. The van der Waals surface area contributed by atoms with Crippen LogP contribution in [-0.4, -0.2) is 41.7 Å². The molecule has 1 aliphatic heterocycles. The van der Waals surface area contributed by atoms with Gasteiger partial charge in [0.25, 0.3) is 0 Å². The number of nitrogens with zero attached hydrogens (tertiary/aromatic N) is 1. The topological polar surface area (TPSA) is 52.6 Å². The van der Waals surface area contributed by atoms with Gasteiger partial charge in [-0.1, -0.05) is 12.1 Å². The first kappa shape index (κ1) is 13.8. The number of amides is 1. The van der Waals surface area contributed by atoms with Crippen molar-refractivity contribution in [3.63, 3.8) is 0 Å². The number of rotatable bonds is 3. The fraction of sp³-hybridized carbons (Fsp3) is 0.462. The highest BCUT2D eigenvalue weighted by molar-refractivity contribution is 14.1. The van der Waals surface area contributed by atoms with E-state index in [2.05, 4.69) is 32.8 Å². The van der Waals surface area contributed by atoms with E-state index in [1.807, 2.05) is 24.3 Å². The van der Waals surface area contributed by atoms with Crippen molar-refractivity contribution in [1.82, 2.24) is 4.90 Å². The number of hydrogen-bond donors (Lipinski definition) is 2. The Morgan fingerprint density at radius 2 is 2.06 bits per heavy atom. The smallest absolute Gasteiger partial charge is 0.238 e. The lowest BCUT2D eigenvalue weighted by Crippen LogP contribution is -2.40. The number of nitrogens with one attached hydrogen (secondary N) is 1. The predicted molar refractivity (Wildman–Crippen MR) is 79.5 cm³/mol. The van der Waals surface area contributed by atoms with Crippen LogP contribution in [0.1, 0.15) is 12.8 Å². The average molecular weight is 360 g/mol. The molecule has 0 atom stereocenters. The third-order valence-corrected chi connectivity index (χ3v) is 4.01. The van der Waals surface area contributed by atoms with Gasteiger partial charge in [-0.05, 0) is 47.6 Å². The van der Waals surface area contributed by atoms with Gasteiger partial charge < -0.3 is 10.4 Å². The Bertz CT molecular complexity index is 417. The van der Waals surface area contributed by atoms with Crippen molar-refractivity contribution in [2.45, 2.75) is 18.9 Å². The third kappa shape index (κ3) is 3.93. The summed E-state index contributed by atoms with van der Waals surface area (Å²) in [5.41, 5.74) is 0.861. The van der Waals surface area contributed by atoms with Crippen molar-refractivity contribution in [3.8, 4) is 0 Å². The lowest BCUT2D eigenvalue weighted by Gasteiger charge is -2.28. The summed E-state index contributed by atoms with van der Waals surface area (Å²) in [7, 11) is 0. The quantitative estimate of drug-likeness (QED) is 0.807. The molecule has 0 aromatic heterocycles. The van der Waals surface area contributed by atoms with Gasteiger partial charge in [0.05, 0.1) is 18.3 Å². The van der Waals surface area contributed by atoms with E-state index >= 15 is 0 Å². The molecule has 0 spiro atoms. The number of carbonyl (C=O) groups excluding carboxylic acids is 1. The summed E-state index contributed by atoms with van der Waals surface area (Å²) in [4.78, 5) is 14.0. The Kier molecular flexibility index (Phi) is 4.96. The summed E-state index contributed by atoms with van der Waals surface area (Å²) in [6.07, 6.45) is 1.33. The maximum Gasteiger partial charge on any atom is 0.238 e. The Morgan fingerprint density at radius 3 is 2.72 bits per heavy atom. The zero-order valence-electron chi connectivity index (χ0n) is 10.1. The zero-order valence-corrected chi connectivity index (χ0v) is 12.3. The summed E-state index contributed by atoms with van der Waals surface area (Å²) in [6, 6.07) is 7.73. The fourth-order valence-electron chi connectivity index (χ4n) is 2.03. The van der Waals surface area contributed by atoms with E-state index in [-0.39, 0.29) is 12.0 Å². The predicted octanol–water partition coefficient (Wildman–Crippen LogP) is 1.69. The number of carbonyl (C=O) groups is 1. The Labute approximate surface area is 121 Å². The molecule has 5 heteroatoms. The van der Waals surface area contributed by atoms with E-state index in [1.54, 1.807) is 0 Å². The number of likely N-dealkylation sites (tertiary alicyclic amines) is 1. The van der Waals surface area contributed by atoms with Gasteiger partial charge in [0.15, 0.2) is 0 Å². The molecule has 1 aliphatic rings. The Hall–Kier alpha value is -0.660. The number of aliphatic hydroxyl groups is 1. The maximum atomic E-state index is 11.9. The van der Waals surface area contributed by atoms with Gasteiger partial charge >= 0.3 is 0 Å². The molecule has 0 saturated carbocycles. The molecule has 1 heterocycles. The van der Waals surface area contributed by atoms with Crippen molar-refractivity contribution in [3.05, 3.63) is 27.8 Å². The molecule has 98 valence electrons. The van der Waals surface area contributed by atoms with E-state index in [0.29, 0.717) is 6.54 Å². The molecule has 2 rings (SSSR count). The van der Waals surface area contributed by atoms with Gasteiger partial charge in [-0.2, -0.15) is 0 Å². The van der Waals surface area contributed by atoms with Crippen LogP contribution in [0.4, 0.5) is 5.69 Å². The second-order valence-electron chi connectivity index (χ2n) is 4.54. The van der Waals surface area contributed by atoms with Gasteiger partial charge in [0.1, 0.15) is 0 Å². The van der Waals surface area contributed by atoms with Crippen molar-refractivity contribution in [1.29, 1.82) is 0 Å². The molecule has 0 unspecified atom stereocenters. The molecule has 18 heavy (non-hydrogen) atoms. The van der Waals surface area contributed by atoms with Crippen molar-refractivity contribution < 1.29 is 9.90 Å². The van der Waals surface area contributed by atoms with Crippen LogP contribution in [0, 0.1) is 3.57 Å². The van der Waals surface area contributed by atoms with Crippen LogP contribution in [0.25, 0.3) is 0 Å². The van der Waals surface area contributed by atoms with Crippen molar-refractivity contribution in [2.24, 2.45) is 0 Å². The second kappa shape index (κ2) is 6.49. The maximum absolute atomic E-state index is 11.9. The van der Waals surface area contributed by atoms with Crippen LogP contribution < -0.4 is 5.32 Å². The first-order chi connectivity index (χ1) is 8.65. The normalized spacial score (nSPS) is 17.7. The molecule has 1 aromatic rings. The lowest BCUT2D eigenvalue weighted by atomic mass is 10.1. The monoisotopic (exact) mass is 360 g/mol. The van der Waals surface area contributed by atoms with Crippen LogP contribution >= 0.6 is 22.6 Å². The first-order valence-corrected chi connectivity index (χ1v) is 7.18. The van der Waals surface area contributed by atoms with Crippen LogP contribution in [0.5, 0.6) is 0 Å². The third-order valence-electron chi connectivity index (χ3n) is 3.07. The molecular formula is C13H17IN2O2. The largest absolute Gasteiger partial charge is 0.393 e. The number of aliphatic hydroxyl groups excluding tert-OH is 1. The first-order valence-electron chi connectivity index (χ1n) is 6.10. The van der Waals surface area contributed by atoms with Crippen molar-refractivity contribution >= 4 is 34.2 Å². The summed E-state index contributed by atoms with van der Waals surface area (Å²) in [5, 5.41) is 12.3. The van der Waals surface area contributed by atoms with Crippen LogP contribution in [0.2, 0.25) is 0 Å².